The van der Waals surface area contributed by atoms with Crippen LogP contribution >= 0.6 is 0 Å². The number of ether oxygens (including phenoxy) is 1. The average Bonchev–Trinajstić information content (AvgIpc) is 2.05. The molecule has 0 heterocycles. The molecule has 3 nitrogen and oxygen atoms in total. The predicted octanol–water partition coefficient (Wildman–Crippen LogP) is 1.43. The van der Waals surface area contributed by atoms with Crippen molar-refractivity contribution in [3.05, 3.63) is 0 Å². The van der Waals surface area contributed by atoms with Crippen molar-refractivity contribution in [2.45, 2.75) is 37.9 Å². The van der Waals surface area contributed by atoms with E-state index in [4.69, 9.17) is 9.99 Å². The van der Waals surface area contributed by atoms with Crippen molar-refractivity contribution in [2.24, 2.45) is 0 Å². The van der Waals surface area contributed by atoms with E-state index in [0.717, 1.165) is 25.7 Å². The second kappa shape index (κ2) is 3.91. The summed E-state index contributed by atoms with van der Waals surface area (Å²) in [4.78, 5) is 4.23. The first-order chi connectivity index (χ1) is 4.86. The standard InChI is InChI=1S/C7H14O3/c1-9-6-2-4-7(10-8)5-3-6/h6-8H,2-5H2,1H3. The van der Waals surface area contributed by atoms with E-state index in [1.807, 2.05) is 0 Å². The molecule has 0 radical (unpaired) electrons. The molecule has 1 saturated carbocycles. The molecule has 3 heteroatoms. The van der Waals surface area contributed by atoms with Crippen LogP contribution in [-0.2, 0) is 9.62 Å². The zero-order valence-corrected chi connectivity index (χ0v) is 6.25. The van der Waals surface area contributed by atoms with Crippen LogP contribution in [0.5, 0.6) is 0 Å². The topological polar surface area (TPSA) is 38.7 Å². The van der Waals surface area contributed by atoms with Gasteiger partial charge in [0.2, 0.25) is 0 Å². The van der Waals surface area contributed by atoms with Crippen molar-refractivity contribution in [3.8, 4) is 0 Å². The molecule has 1 aliphatic rings. The van der Waals surface area contributed by atoms with E-state index in [1.165, 1.54) is 0 Å². The Morgan fingerprint density at radius 3 is 2.00 bits per heavy atom. The van der Waals surface area contributed by atoms with Gasteiger partial charge in [0, 0.05) is 7.11 Å². The van der Waals surface area contributed by atoms with Crippen LogP contribution in [0.4, 0.5) is 0 Å². The van der Waals surface area contributed by atoms with Gasteiger partial charge in [-0.3, -0.25) is 5.26 Å². The summed E-state index contributed by atoms with van der Waals surface area (Å²) in [6.07, 6.45) is 4.26. The Balaban J connectivity index is 2.17. The fourth-order valence-corrected chi connectivity index (χ4v) is 1.37. The maximum Gasteiger partial charge on any atom is 0.0929 e. The largest absolute Gasteiger partial charge is 0.381 e. The van der Waals surface area contributed by atoms with Gasteiger partial charge in [0.25, 0.3) is 0 Å². The van der Waals surface area contributed by atoms with E-state index < -0.39 is 0 Å². The average molecular weight is 146 g/mol. The molecule has 0 atom stereocenters. The minimum absolute atomic E-state index is 0.0476. The highest BCUT2D eigenvalue weighted by Crippen LogP contribution is 2.21. The molecule has 1 rings (SSSR count). The number of hydrogen-bond acceptors (Lipinski definition) is 3. The van der Waals surface area contributed by atoms with Crippen molar-refractivity contribution in [2.75, 3.05) is 7.11 Å². The predicted molar refractivity (Wildman–Crippen MR) is 36.8 cm³/mol. The van der Waals surface area contributed by atoms with E-state index in [1.54, 1.807) is 7.11 Å². The van der Waals surface area contributed by atoms with Crippen molar-refractivity contribution < 1.29 is 14.9 Å². The molecule has 0 aromatic rings. The van der Waals surface area contributed by atoms with Crippen LogP contribution in [0.15, 0.2) is 0 Å². The van der Waals surface area contributed by atoms with Crippen LogP contribution in [-0.4, -0.2) is 24.6 Å². The van der Waals surface area contributed by atoms with Gasteiger partial charge in [-0.1, -0.05) is 0 Å². The molecule has 1 fully saturated rings. The Hall–Kier alpha value is -0.120. The molecule has 0 aromatic carbocycles. The Bertz CT molecular complexity index is 74.9. The summed E-state index contributed by atoms with van der Waals surface area (Å²) in [5.41, 5.74) is 0. The van der Waals surface area contributed by atoms with Crippen LogP contribution in [0.25, 0.3) is 0 Å². The lowest BCUT2D eigenvalue weighted by atomic mass is 9.95. The smallest absolute Gasteiger partial charge is 0.0929 e. The highest BCUT2D eigenvalue weighted by Gasteiger charge is 2.20. The second-order valence-corrected chi connectivity index (χ2v) is 2.74. The molecule has 10 heavy (non-hydrogen) atoms. The summed E-state index contributed by atoms with van der Waals surface area (Å²) in [5, 5.41) is 8.31. The lowest BCUT2D eigenvalue weighted by Gasteiger charge is -2.24. The van der Waals surface area contributed by atoms with Gasteiger partial charge in [0.1, 0.15) is 0 Å². The fourth-order valence-electron chi connectivity index (χ4n) is 1.37. The maximum atomic E-state index is 8.31. The molecule has 0 aromatic heterocycles. The van der Waals surface area contributed by atoms with Crippen LogP contribution in [0.1, 0.15) is 25.7 Å². The normalized spacial score (nSPS) is 34.2. The molecule has 60 valence electrons. The summed E-state index contributed by atoms with van der Waals surface area (Å²) in [6.45, 7) is 0. The molecule has 0 saturated heterocycles. The van der Waals surface area contributed by atoms with Crippen LogP contribution in [0, 0.1) is 0 Å². The molecule has 0 amide bonds. The molecule has 0 bridgehead atoms. The summed E-state index contributed by atoms with van der Waals surface area (Å²) in [6, 6.07) is 0. The van der Waals surface area contributed by atoms with E-state index in [-0.39, 0.29) is 6.10 Å². The Morgan fingerprint density at radius 2 is 1.60 bits per heavy atom. The van der Waals surface area contributed by atoms with E-state index >= 15 is 0 Å². The third-order valence-electron chi connectivity index (χ3n) is 2.10. The van der Waals surface area contributed by atoms with E-state index in [0.29, 0.717) is 6.10 Å². The van der Waals surface area contributed by atoms with Gasteiger partial charge in [-0.15, -0.1) is 0 Å². The lowest BCUT2D eigenvalue weighted by molar-refractivity contribution is -0.286. The minimum Gasteiger partial charge on any atom is -0.381 e. The van der Waals surface area contributed by atoms with Gasteiger partial charge in [-0.25, -0.2) is 4.89 Å². The van der Waals surface area contributed by atoms with E-state index in [2.05, 4.69) is 4.89 Å². The van der Waals surface area contributed by atoms with Gasteiger partial charge in [-0.05, 0) is 25.7 Å². The number of rotatable bonds is 2. The van der Waals surface area contributed by atoms with Crippen molar-refractivity contribution >= 4 is 0 Å². The molecular weight excluding hydrogens is 132 g/mol. The Kier molecular flexibility index (Phi) is 3.12. The van der Waals surface area contributed by atoms with Crippen molar-refractivity contribution in [1.29, 1.82) is 0 Å². The lowest BCUT2D eigenvalue weighted by Crippen LogP contribution is -2.24. The van der Waals surface area contributed by atoms with Crippen LogP contribution in [0.3, 0.4) is 0 Å². The van der Waals surface area contributed by atoms with Crippen molar-refractivity contribution in [3.63, 3.8) is 0 Å². The molecule has 0 unspecified atom stereocenters. The second-order valence-electron chi connectivity index (χ2n) is 2.74. The summed E-state index contributed by atoms with van der Waals surface area (Å²) >= 11 is 0. The third-order valence-corrected chi connectivity index (χ3v) is 2.10. The fraction of sp³-hybridized carbons (Fsp3) is 1.00. The van der Waals surface area contributed by atoms with Crippen LogP contribution in [0.2, 0.25) is 0 Å². The summed E-state index contributed by atoms with van der Waals surface area (Å²) < 4.78 is 5.15. The molecule has 0 spiro atoms. The maximum absolute atomic E-state index is 8.31. The van der Waals surface area contributed by atoms with E-state index in [9.17, 15) is 0 Å². The minimum atomic E-state index is 0.0476. The molecule has 1 N–H and O–H groups in total. The zero-order chi connectivity index (χ0) is 7.40. The monoisotopic (exact) mass is 146 g/mol. The first-order valence-electron chi connectivity index (χ1n) is 3.70. The number of hydrogen-bond donors (Lipinski definition) is 1. The van der Waals surface area contributed by atoms with Gasteiger partial charge in [0.15, 0.2) is 0 Å². The summed E-state index contributed by atoms with van der Waals surface area (Å²) in [7, 11) is 1.73. The molecule has 0 aliphatic heterocycles. The van der Waals surface area contributed by atoms with Gasteiger partial charge < -0.3 is 4.74 Å². The first kappa shape index (κ1) is 7.98. The van der Waals surface area contributed by atoms with Gasteiger partial charge in [-0.2, -0.15) is 0 Å². The quantitative estimate of drug-likeness (QED) is 0.473. The van der Waals surface area contributed by atoms with Gasteiger partial charge >= 0.3 is 0 Å². The Labute approximate surface area is 60.9 Å². The number of methoxy groups -OCH3 is 1. The zero-order valence-electron chi connectivity index (χ0n) is 6.25. The third kappa shape index (κ3) is 1.94. The molecule has 1 aliphatic carbocycles. The molecular formula is C7H14O3. The van der Waals surface area contributed by atoms with Gasteiger partial charge in [0.05, 0.1) is 12.2 Å². The SMILES string of the molecule is COC1CCC(OO)CC1. The first-order valence-corrected chi connectivity index (χ1v) is 3.70. The van der Waals surface area contributed by atoms with Crippen molar-refractivity contribution in [1.82, 2.24) is 0 Å². The highest BCUT2D eigenvalue weighted by atomic mass is 17.1. The Morgan fingerprint density at radius 1 is 1.10 bits per heavy atom. The summed E-state index contributed by atoms with van der Waals surface area (Å²) in [5.74, 6) is 0. The highest BCUT2D eigenvalue weighted by molar-refractivity contribution is 4.71. The van der Waals surface area contributed by atoms with Crippen LogP contribution < -0.4 is 0 Å².